The van der Waals surface area contributed by atoms with E-state index in [0.717, 1.165) is 25.0 Å². The molecule has 1 saturated heterocycles. The fraction of sp³-hybridized carbons (Fsp3) is 0.300. The Balaban J connectivity index is 1.39. The van der Waals surface area contributed by atoms with E-state index in [4.69, 9.17) is 9.47 Å². The average Bonchev–Trinajstić information content (AvgIpc) is 2.94. The largest absolute Gasteiger partial charge is 0.573 e. The molecule has 0 aliphatic carbocycles. The molecule has 0 unspecified atom stereocenters. The van der Waals surface area contributed by atoms with Crippen molar-refractivity contribution in [3.8, 4) is 17.2 Å². The van der Waals surface area contributed by atoms with E-state index >= 15 is 0 Å². The zero-order valence-corrected chi connectivity index (χ0v) is 22.8. The van der Waals surface area contributed by atoms with Crippen molar-refractivity contribution < 1.29 is 63.6 Å². The highest BCUT2D eigenvalue weighted by Gasteiger charge is 2.36. The number of halogens is 8. The van der Waals surface area contributed by atoms with Crippen molar-refractivity contribution in [3.05, 3.63) is 101 Å². The summed E-state index contributed by atoms with van der Waals surface area (Å²) >= 11 is 0. The van der Waals surface area contributed by atoms with E-state index < -0.39 is 70.6 Å². The van der Waals surface area contributed by atoms with Gasteiger partial charge in [-0.15, -0.1) is 13.2 Å². The van der Waals surface area contributed by atoms with Gasteiger partial charge < -0.3 is 23.7 Å². The lowest BCUT2D eigenvalue weighted by atomic mass is 10.0. The molecule has 0 amide bonds. The van der Waals surface area contributed by atoms with E-state index in [1.165, 1.54) is 12.1 Å². The van der Waals surface area contributed by atoms with E-state index in [-0.39, 0.29) is 5.92 Å². The van der Waals surface area contributed by atoms with Crippen LogP contribution in [0.15, 0.2) is 66.7 Å². The molecule has 3 aromatic carbocycles. The third kappa shape index (κ3) is 8.47. The number of esters is 1. The Hall–Kier alpha value is -4.17. The Morgan fingerprint density at radius 3 is 2.05 bits per heavy atom. The molecule has 1 aliphatic heterocycles. The van der Waals surface area contributed by atoms with Gasteiger partial charge >= 0.3 is 18.4 Å². The van der Waals surface area contributed by atoms with Gasteiger partial charge in [0.1, 0.15) is 28.7 Å². The summed E-state index contributed by atoms with van der Waals surface area (Å²) in [5.41, 5.74) is -1.54. The molecule has 1 aliphatic rings. The maximum atomic E-state index is 14.9. The van der Waals surface area contributed by atoms with Crippen LogP contribution in [-0.4, -0.2) is 25.5 Å². The van der Waals surface area contributed by atoms with Crippen molar-refractivity contribution in [1.29, 1.82) is 0 Å². The van der Waals surface area contributed by atoms with Crippen LogP contribution in [0.2, 0.25) is 0 Å². The summed E-state index contributed by atoms with van der Waals surface area (Å²) in [6.45, 7) is 2.79. The molecule has 236 valence electrons. The van der Waals surface area contributed by atoms with Crippen LogP contribution >= 0.6 is 0 Å². The zero-order valence-electron chi connectivity index (χ0n) is 22.8. The third-order valence-corrected chi connectivity index (χ3v) is 6.27. The Bertz CT molecular complexity index is 1460. The number of carbonyl (C=O) groups is 1. The highest BCUT2D eigenvalue weighted by molar-refractivity contribution is 5.91. The summed E-state index contributed by atoms with van der Waals surface area (Å²) < 4.78 is 134. The van der Waals surface area contributed by atoms with Crippen molar-refractivity contribution in [3.63, 3.8) is 0 Å². The minimum Gasteiger partial charge on any atom is -0.429 e. The van der Waals surface area contributed by atoms with E-state index in [9.17, 15) is 39.9 Å². The quantitative estimate of drug-likeness (QED) is 0.0969. The van der Waals surface area contributed by atoms with Crippen LogP contribution in [0.3, 0.4) is 0 Å². The Labute approximate surface area is 245 Å². The summed E-state index contributed by atoms with van der Waals surface area (Å²) in [4.78, 5) is 12.3. The molecular formula is C30H24F8O6. The molecule has 1 heterocycles. The zero-order chi connectivity index (χ0) is 32.1. The van der Waals surface area contributed by atoms with Gasteiger partial charge in [-0.3, -0.25) is 0 Å². The third-order valence-electron chi connectivity index (χ3n) is 6.27. The number of carbonyl (C=O) groups excluding carboxylic acids is 1. The molecule has 6 nitrogen and oxygen atoms in total. The second-order valence-corrected chi connectivity index (χ2v) is 9.54. The van der Waals surface area contributed by atoms with Gasteiger partial charge in [-0.1, -0.05) is 24.3 Å². The lowest BCUT2D eigenvalue weighted by Gasteiger charge is -2.29. The highest BCUT2D eigenvalue weighted by Crippen LogP contribution is 2.35. The van der Waals surface area contributed by atoms with E-state index in [1.807, 2.05) is 19.1 Å². The molecule has 1 fully saturated rings. The second-order valence-electron chi connectivity index (χ2n) is 9.54. The first-order chi connectivity index (χ1) is 20.8. The monoisotopic (exact) mass is 632 g/mol. The number of alkyl halides is 5. The van der Waals surface area contributed by atoms with Gasteiger partial charge in [0, 0.05) is 29.7 Å². The summed E-state index contributed by atoms with van der Waals surface area (Å²) in [6, 6.07) is 6.81. The van der Waals surface area contributed by atoms with Crippen LogP contribution in [0.25, 0.3) is 0 Å². The van der Waals surface area contributed by atoms with Crippen molar-refractivity contribution >= 4 is 5.97 Å². The number of rotatable bonds is 10. The second kappa shape index (κ2) is 13.6. The lowest BCUT2D eigenvalue weighted by molar-refractivity contribution is -0.275. The predicted molar refractivity (Wildman–Crippen MR) is 138 cm³/mol. The lowest BCUT2D eigenvalue weighted by Crippen LogP contribution is -2.27. The predicted octanol–water partition coefficient (Wildman–Crippen LogP) is 8.37. The molecule has 14 heteroatoms. The van der Waals surface area contributed by atoms with Crippen LogP contribution in [0.1, 0.15) is 47.5 Å². The average molecular weight is 633 g/mol. The molecule has 0 spiro atoms. The fourth-order valence-corrected chi connectivity index (χ4v) is 4.16. The number of hydrogen-bond acceptors (Lipinski definition) is 6. The Kier molecular flexibility index (Phi) is 10.1. The van der Waals surface area contributed by atoms with Crippen LogP contribution in [0.4, 0.5) is 35.1 Å². The molecule has 4 rings (SSSR count). The molecule has 3 aromatic rings. The fourth-order valence-electron chi connectivity index (χ4n) is 4.16. The smallest absolute Gasteiger partial charge is 0.429 e. The van der Waals surface area contributed by atoms with Crippen LogP contribution in [0, 0.1) is 23.4 Å². The first-order valence-electron chi connectivity index (χ1n) is 13.0. The van der Waals surface area contributed by atoms with E-state index in [2.05, 4.69) is 14.2 Å². The van der Waals surface area contributed by atoms with Gasteiger partial charge in [-0.25, -0.2) is 18.0 Å². The Morgan fingerprint density at radius 2 is 1.48 bits per heavy atom. The van der Waals surface area contributed by atoms with Gasteiger partial charge in [0.05, 0.1) is 18.8 Å². The maximum absolute atomic E-state index is 14.9. The van der Waals surface area contributed by atoms with Crippen LogP contribution in [-0.2, 0) is 15.6 Å². The molecular weight excluding hydrogens is 608 g/mol. The number of benzene rings is 3. The van der Waals surface area contributed by atoms with Gasteiger partial charge in [-0.2, -0.15) is 8.78 Å². The van der Waals surface area contributed by atoms with Gasteiger partial charge in [0.25, 0.3) is 0 Å². The maximum Gasteiger partial charge on any atom is 0.573 e. The first kappa shape index (κ1) is 32.7. The minimum absolute atomic E-state index is 0.199. The summed E-state index contributed by atoms with van der Waals surface area (Å²) in [6.07, 6.45) is -4.28. The number of hydrogen-bond donors (Lipinski definition) is 0. The summed E-state index contributed by atoms with van der Waals surface area (Å²) in [7, 11) is 0. The Morgan fingerprint density at radius 1 is 0.864 bits per heavy atom. The summed E-state index contributed by atoms with van der Waals surface area (Å²) in [5, 5.41) is 0. The van der Waals surface area contributed by atoms with Crippen LogP contribution < -0.4 is 14.2 Å². The van der Waals surface area contributed by atoms with Gasteiger partial charge in [0.15, 0.2) is 17.9 Å². The van der Waals surface area contributed by atoms with Crippen LogP contribution in [0.5, 0.6) is 17.2 Å². The van der Waals surface area contributed by atoms with Crippen molar-refractivity contribution in [2.45, 2.75) is 38.5 Å². The van der Waals surface area contributed by atoms with Crippen molar-refractivity contribution in [2.75, 3.05) is 13.2 Å². The molecule has 0 N–H and O–H groups in total. The first-order valence-corrected chi connectivity index (χ1v) is 13.0. The summed E-state index contributed by atoms with van der Waals surface area (Å²) in [5.74, 6) is -9.38. The standard InChI is InChI=1S/C30H24F8O6/c1-2-3-4-5-17-15-40-28(41-16-17)18-6-8-19(9-7-18)29(34,35)43-21-13-23(32)26(24(33)14-21)27(39)42-20-10-11-25(22(31)12-20)44-30(36,37)38/h2-3,6-14,17,28H,4-5,15-16H2,1H3/b3-2+. The molecule has 0 aromatic heterocycles. The van der Waals surface area contributed by atoms with Gasteiger partial charge in [-0.05, 0) is 44.0 Å². The minimum atomic E-state index is -5.20. The molecule has 44 heavy (non-hydrogen) atoms. The normalized spacial score (nSPS) is 17.5. The molecule has 0 atom stereocenters. The van der Waals surface area contributed by atoms with Gasteiger partial charge in [0.2, 0.25) is 0 Å². The van der Waals surface area contributed by atoms with Crippen molar-refractivity contribution in [2.24, 2.45) is 5.92 Å². The SMILES string of the molecule is C/C=C/CCC1COC(c2ccc(C(F)(F)Oc3cc(F)c(C(=O)Oc4ccc(OC(F)(F)F)c(F)c4)c(F)c3)cc2)OC1. The molecule has 0 saturated carbocycles. The number of allylic oxidation sites excluding steroid dienone is 2. The van der Waals surface area contributed by atoms with Crippen molar-refractivity contribution in [1.82, 2.24) is 0 Å². The highest BCUT2D eigenvalue weighted by atomic mass is 19.4. The topological polar surface area (TPSA) is 63.2 Å². The van der Waals surface area contributed by atoms with E-state index in [1.54, 1.807) is 0 Å². The molecule has 0 radical (unpaired) electrons. The number of ether oxygens (including phenoxy) is 5. The van der Waals surface area contributed by atoms with E-state index in [0.29, 0.717) is 49.1 Å². The molecule has 0 bridgehead atoms.